The molecular formula is C24H27N5O2. The standard InChI is InChI=1S/C24H27N5O2/c1-16-14-27(17(2)12-25-16)24(30)29-15-28-22(20-6-4-5-7-21(20)29)13-26-23(28)18-8-10-19(31-3)11-9-18/h4-11,13,16-17,25H,12,14-15H2,1-3H3. The number of imidazole rings is 1. The highest BCUT2D eigenvalue weighted by Crippen LogP contribution is 2.39. The van der Waals surface area contributed by atoms with E-state index in [0.29, 0.717) is 13.2 Å². The number of hydrogen-bond acceptors (Lipinski definition) is 4. The number of ether oxygens (including phenoxy) is 1. The Morgan fingerprint density at radius 3 is 2.68 bits per heavy atom. The molecule has 1 saturated heterocycles. The molecule has 0 bridgehead atoms. The van der Waals surface area contributed by atoms with Crippen LogP contribution in [0.25, 0.3) is 22.6 Å². The van der Waals surface area contributed by atoms with Crippen molar-refractivity contribution in [2.45, 2.75) is 32.6 Å². The van der Waals surface area contributed by atoms with Gasteiger partial charge in [0, 0.05) is 36.3 Å². The van der Waals surface area contributed by atoms with Crippen LogP contribution in [0.1, 0.15) is 13.8 Å². The van der Waals surface area contributed by atoms with Gasteiger partial charge in [-0.25, -0.2) is 9.78 Å². The molecule has 2 aliphatic rings. The largest absolute Gasteiger partial charge is 0.497 e. The topological polar surface area (TPSA) is 62.6 Å². The van der Waals surface area contributed by atoms with E-state index in [2.05, 4.69) is 29.8 Å². The maximum atomic E-state index is 13.7. The third-order valence-electron chi connectivity index (χ3n) is 6.20. The minimum absolute atomic E-state index is 0.0355. The van der Waals surface area contributed by atoms with Crippen molar-refractivity contribution in [2.24, 2.45) is 0 Å². The molecule has 160 valence electrons. The predicted molar refractivity (Wildman–Crippen MR) is 121 cm³/mol. The third-order valence-corrected chi connectivity index (χ3v) is 6.20. The van der Waals surface area contributed by atoms with Gasteiger partial charge < -0.3 is 19.5 Å². The summed E-state index contributed by atoms with van der Waals surface area (Å²) in [6, 6.07) is 16.4. The van der Waals surface area contributed by atoms with Crippen molar-refractivity contribution in [1.29, 1.82) is 0 Å². The average Bonchev–Trinajstić information content (AvgIpc) is 3.24. The number of urea groups is 1. The Morgan fingerprint density at radius 1 is 1.13 bits per heavy atom. The summed E-state index contributed by atoms with van der Waals surface area (Å²) in [6.45, 7) is 6.14. The predicted octanol–water partition coefficient (Wildman–Crippen LogP) is 3.81. The summed E-state index contributed by atoms with van der Waals surface area (Å²) < 4.78 is 7.41. The normalized spacial score (nSPS) is 20.2. The molecule has 7 heteroatoms. The number of carbonyl (C=O) groups excluding carboxylic acids is 1. The smallest absolute Gasteiger partial charge is 0.326 e. The van der Waals surface area contributed by atoms with Gasteiger partial charge >= 0.3 is 6.03 Å². The molecule has 2 atom stereocenters. The fourth-order valence-electron chi connectivity index (χ4n) is 4.45. The first-order valence-corrected chi connectivity index (χ1v) is 10.7. The van der Waals surface area contributed by atoms with Crippen molar-refractivity contribution in [2.75, 3.05) is 25.1 Å². The number of para-hydroxylation sites is 1. The highest BCUT2D eigenvalue weighted by atomic mass is 16.5. The first-order valence-electron chi connectivity index (χ1n) is 10.7. The zero-order valence-corrected chi connectivity index (χ0v) is 18.1. The highest BCUT2D eigenvalue weighted by molar-refractivity contribution is 5.97. The minimum Gasteiger partial charge on any atom is -0.497 e. The Hall–Kier alpha value is -3.32. The molecule has 2 amide bonds. The fourth-order valence-corrected chi connectivity index (χ4v) is 4.45. The van der Waals surface area contributed by atoms with Crippen LogP contribution in [0.15, 0.2) is 54.7 Å². The number of anilines is 1. The van der Waals surface area contributed by atoms with E-state index in [4.69, 9.17) is 9.72 Å². The Morgan fingerprint density at radius 2 is 1.90 bits per heavy atom. The van der Waals surface area contributed by atoms with Gasteiger partial charge in [0.2, 0.25) is 0 Å². The Bertz CT molecular complexity index is 1110. The molecule has 2 aromatic carbocycles. The molecular weight excluding hydrogens is 390 g/mol. The van der Waals surface area contributed by atoms with Crippen LogP contribution in [0.5, 0.6) is 5.75 Å². The van der Waals surface area contributed by atoms with Crippen molar-refractivity contribution in [3.05, 3.63) is 54.7 Å². The molecule has 1 N–H and O–H groups in total. The van der Waals surface area contributed by atoms with Gasteiger partial charge in [0.1, 0.15) is 18.2 Å². The summed E-state index contributed by atoms with van der Waals surface area (Å²) in [5.41, 5.74) is 3.96. The SMILES string of the molecule is COc1ccc(-c2ncc3n2CN(C(=O)N2CC(C)NCC2C)c2ccccc2-3)cc1. The van der Waals surface area contributed by atoms with E-state index in [1.54, 1.807) is 7.11 Å². The van der Waals surface area contributed by atoms with E-state index in [1.165, 1.54) is 0 Å². The molecule has 7 nitrogen and oxygen atoms in total. The van der Waals surface area contributed by atoms with Crippen LogP contribution in [0.4, 0.5) is 10.5 Å². The number of methoxy groups -OCH3 is 1. The molecule has 2 unspecified atom stereocenters. The number of benzene rings is 2. The second-order valence-electron chi connectivity index (χ2n) is 8.30. The molecule has 1 fully saturated rings. The van der Waals surface area contributed by atoms with E-state index in [-0.39, 0.29) is 18.1 Å². The van der Waals surface area contributed by atoms with Crippen molar-refractivity contribution < 1.29 is 9.53 Å². The summed E-state index contributed by atoms with van der Waals surface area (Å²) in [6.07, 6.45) is 1.90. The second-order valence-corrected chi connectivity index (χ2v) is 8.30. The van der Waals surface area contributed by atoms with Crippen LogP contribution >= 0.6 is 0 Å². The first kappa shape index (κ1) is 19.6. The summed E-state index contributed by atoms with van der Waals surface area (Å²) in [7, 11) is 1.66. The number of amides is 2. The Kier molecular flexibility index (Phi) is 4.90. The molecule has 2 aliphatic heterocycles. The van der Waals surface area contributed by atoms with Gasteiger partial charge in [0.05, 0.1) is 24.7 Å². The molecule has 5 rings (SSSR count). The zero-order chi connectivity index (χ0) is 21.5. The minimum atomic E-state index is 0.0355. The summed E-state index contributed by atoms with van der Waals surface area (Å²) in [5.74, 6) is 1.64. The number of fused-ring (bicyclic) bond motifs is 3. The molecule has 3 heterocycles. The monoisotopic (exact) mass is 417 g/mol. The van der Waals surface area contributed by atoms with Gasteiger partial charge in [0.25, 0.3) is 0 Å². The number of aromatic nitrogens is 2. The van der Waals surface area contributed by atoms with Crippen molar-refractivity contribution in [3.8, 4) is 28.4 Å². The van der Waals surface area contributed by atoms with Gasteiger partial charge in [-0.05, 0) is 44.2 Å². The van der Waals surface area contributed by atoms with Crippen molar-refractivity contribution in [3.63, 3.8) is 0 Å². The molecule has 3 aromatic rings. The summed E-state index contributed by atoms with van der Waals surface area (Å²) >= 11 is 0. The number of carbonyl (C=O) groups is 1. The number of nitrogens with zero attached hydrogens (tertiary/aromatic N) is 4. The zero-order valence-electron chi connectivity index (χ0n) is 18.1. The van der Waals surface area contributed by atoms with Gasteiger partial charge in [-0.15, -0.1) is 0 Å². The maximum absolute atomic E-state index is 13.7. The van der Waals surface area contributed by atoms with E-state index >= 15 is 0 Å². The molecule has 0 saturated carbocycles. The van der Waals surface area contributed by atoms with Gasteiger partial charge in [-0.3, -0.25) is 4.90 Å². The van der Waals surface area contributed by atoms with Gasteiger partial charge in [-0.1, -0.05) is 18.2 Å². The van der Waals surface area contributed by atoms with E-state index in [0.717, 1.165) is 40.6 Å². The quantitative estimate of drug-likeness (QED) is 0.689. The Labute approximate surface area is 182 Å². The van der Waals surface area contributed by atoms with Crippen LogP contribution in [-0.2, 0) is 6.67 Å². The number of piperazine rings is 1. The van der Waals surface area contributed by atoms with E-state index in [9.17, 15) is 4.79 Å². The third kappa shape index (κ3) is 3.35. The van der Waals surface area contributed by atoms with Crippen LogP contribution in [0, 0.1) is 0 Å². The highest BCUT2D eigenvalue weighted by Gasteiger charge is 2.34. The van der Waals surface area contributed by atoms with Crippen LogP contribution in [0.3, 0.4) is 0 Å². The lowest BCUT2D eigenvalue weighted by atomic mass is 10.1. The van der Waals surface area contributed by atoms with Gasteiger partial charge in [-0.2, -0.15) is 0 Å². The molecule has 0 spiro atoms. The summed E-state index contributed by atoms with van der Waals surface area (Å²) in [5, 5.41) is 3.45. The lowest BCUT2D eigenvalue weighted by Crippen LogP contribution is -2.59. The van der Waals surface area contributed by atoms with E-state index in [1.807, 2.05) is 58.5 Å². The van der Waals surface area contributed by atoms with Crippen LogP contribution in [-0.4, -0.2) is 52.8 Å². The summed E-state index contributed by atoms with van der Waals surface area (Å²) in [4.78, 5) is 22.3. The van der Waals surface area contributed by atoms with Crippen molar-refractivity contribution in [1.82, 2.24) is 19.8 Å². The van der Waals surface area contributed by atoms with E-state index < -0.39 is 0 Å². The number of hydrogen-bond donors (Lipinski definition) is 1. The average molecular weight is 418 g/mol. The lowest BCUT2D eigenvalue weighted by molar-refractivity contribution is 0.154. The van der Waals surface area contributed by atoms with Gasteiger partial charge in [0.15, 0.2) is 0 Å². The molecule has 1 aromatic heterocycles. The Balaban J connectivity index is 1.56. The number of rotatable bonds is 2. The second kappa shape index (κ2) is 7.74. The first-order chi connectivity index (χ1) is 15.1. The number of nitrogens with one attached hydrogen (secondary N) is 1. The molecule has 31 heavy (non-hydrogen) atoms. The molecule has 0 aliphatic carbocycles. The maximum Gasteiger partial charge on any atom is 0.326 e. The van der Waals surface area contributed by atoms with Crippen molar-refractivity contribution >= 4 is 11.7 Å². The fraction of sp³-hybridized carbons (Fsp3) is 0.333. The van der Waals surface area contributed by atoms with Crippen LogP contribution in [0.2, 0.25) is 0 Å². The molecule has 0 radical (unpaired) electrons. The van der Waals surface area contributed by atoms with Crippen LogP contribution < -0.4 is 15.0 Å². The lowest BCUT2D eigenvalue weighted by Gasteiger charge is -2.42.